The molecule has 0 unspecified atom stereocenters. The Bertz CT molecular complexity index is 304. The van der Waals surface area contributed by atoms with E-state index in [0.717, 1.165) is 18.7 Å². The van der Waals surface area contributed by atoms with Gasteiger partial charge in [0.1, 0.15) is 0 Å². The van der Waals surface area contributed by atoms with Crippen LogP contribution in [0.25, 0.3) is 0 Å². The molecule has 0 aliphatic carbocycles. The number of aryl methyl sites for hydroxylation is 1. The lowest BCUT2D eigenvalue weighted by Gasteiger charge is -2.04. The SMILES string of the molecule is CNCCn1cc(C)ccc1=O. The molecule has 0 aliphatic rings. The highest BCUT2D eigenvalue weighted by Crippen LogP contribution is 1.90. The molecule has 0 amide bonds. The minimum atomic E-state index is 0.0656. The van der Waals surface area contributed by atoms with E-state index in [0.29, 0.717) is 0 Å². The number of aromatic nitrogens is 1. The normalized spacial score (nSPS) is 10.2. The lowest BCUT2D eigenvalue weighted by Crippen LogP contribution is -2.24. The fraction of sp³-hybridized carbons (Fsp3) is 0.444. The van der Waals surface area contributed by atoms with Crippen LogP contribution < -0.4 is 10.9 Å². The maximum Gasteiger partial charge on any atom is 0.250 e. The molecule has 0 bridgehead atoms. The Morgan fingerprint density at radius 1 is 1.50 bits per heavy atom. The Kier molecular flexibility index (Phi) is 3.05. The molecule has 0 saturated carbocycles. The lowest BCUT2D eigenvalue weighted by molar-refractivity contribution is 0.624. The summed E-state index contributed by atoms with van der Waals surface area (Å²) >= 11 is 0. The fourth-order valence-corrected chi connectivity index (χ4v) is 1.06. The Labute approximate surface area is 72.0 Å². The zero-order valence-corrected chi connectivity index (χ0v) is 7.50. The molecule has 12 heavy (non-hydrogen) atoms. The molecular formula is C9H14N2O. The molecule has 0 saturated heterocycles. The summed E-state index contributed by atoms with van der Waals surface area (Å²) in [6, 6.07) is 3.43. The molecule has 0 aromatic carbocycles. The van der Waals surface area contributed by atoms with Gasteiger partial charge >= 0.3 is 0 Å². The van der Waals surface area contributed by atoms with Crippen LogP contribution >= 0.6 is 0 Å². The number of pyridine rings is 1. The van der Waals surface area contributed by atoms with Crippen molar-refractivity contribution >= 4 is 0 Å². The molecule has 66 valence electrons. The third-order valence-corrected chi connectivity index (χ3v) is 1.73. The zero-order valence-electron chi connectivity index (χ0n) is 7.50. The van der Waals surface area contributed by atoms with Crippen molar-refractivity contribution < 1.29 is 0 Å². The van der Waals surface area contributed by atoms with Crippen LogP contribution in [0.4, 0.5) is 0 Å². The first-order valence-electron chi connectivity index (χ1n) is 4.06. The molecule has 0 spiro atoms. The summed E-state index contributed by atoms with van der Waals surface area (Å²) in [6.45, 7) is 3.54. The van der Waals surface area contributed by atoms with Crippen LogP contribution in [0.1, 0.15) is 5.56 Å². The van der Waals surface area contributed by atoms with Gasteiger partial charge in [-0.15, -0.1) is 0 Å². The van der Waals surface area contributed by atoms with Crippen molar-refractivity contribution in [2.45, 2.75) is 13.5 Å². The van der Waals surface area contributed by atoms with Crippen molar-refractivity contribution in [3.8, 4) is 0 Å². The van der Waals surface area contributed by atoms with Crippen molar-refractivity contribution in [3.05, 3.63) is 34.2 Å². The van der Waals surface area contributed by atoms with Crippen LogP contribution in [0.5, 0.6) is 0 Å². The van der Waals surface area contributed by atoms with E-state index in [4.69, 9.17) is 0 Å². The van der Waals surface area contributed by atoms with E-state index in [1.165, 1.54) is 0 Å². The van der Waals surface area contributed by atoms with Crippen molar-refractivity contribution in [2.24, 2.45) is 0 Å². The first kappa shape index (κ1) is 9.00. The third kappa shape index (κ3) is 2.20. The molecule has 0 atom stereocenters. The largest absolute Gasteiger partial charge is 0.318 e. The Morgan fingerprint density at radius 3 is 2.92 bits per heavy atom. The monoisotopic (exact) mass is 166 g/mol. The van der Waals surface area contributed by atoms with Gasteiger partial charge in [-0.05, 0) is 19.5 Å². The predicted octanol–water partition coefficient (Wildman–Crippen LogP) is 0.376. The highest BCUT2D eigenvalue weighted by atomic mass is 16.1. The fourth-order valence-electron chi connectivity index (χ4n) is 1.06. The smallest absolute Gasteiger partial charge is 0.250 e. The van der Waals surface area contributed by atoms with Gasteiger partial charge in [-0.25, -0.2) is 0 Å². The summed E-state index contributed by atoms with van der Waals surface area (Å²) in [6.07, 6.45) is 1.87. The average Bonchev–Trinajstić information content (AvgIpc) is 2.07. The molecule has 1 N–H and O–H groups in total. The van der Waals surface area contributed by atoms with E-state index in [-0.39, 0.29) is 5.56 Å². The average molecular weight is 166 g/mol. The summed E-state index contributed by atoms with van der Waals surface area (Å²) in [7, 11) is 1.88. The van der Waals surface area contributed by atoms with Gasteiger partial charge in [-0.1, -0.05) is 6.07 Å². The third-order valence-electron chi connectivity index (χ3n) is 1.73. The molecule has 0 radical (unpaired) electrons. The quantitative estimate of drug-likeness (QED) is 0.704. The van der Waals surface area contributed by atoms with Crippen molar-refractivity contribution in [3.63, 3.8) is 0 Å². The summed E-state index contributed by atoms with van der Waals surface area (Å²) < 4.78 is 1.71. The number of nitrogens with zero attached hydrogens (tertiary/aromatic N) is 1. The van der Waals surface area contributed by atoms with Crippen LogP contribution in [0, 0.1) is 6.92 Å². The van der Waals surface area contributed by atoms with Crippen molar-refractivity contribution in [1.29, 1.82) is 0 Å². The molecule has 3 nitrogen and oxygen atoms in total. The molecule has 0 fully saturated rings. The van der Waals surface area contributed by atoms with Gasteiger partial charge in [0.05, 0.1) is 0 Å². The second-order valence-electron chi connectivity index (χ2n) is 2.84. The van der Waals surface area contributed by atoms with Crippen LogP contribution in [0.3, 0.4) is 0 Å². The topological polar surface area (TPSA) is 34.0 Å². The van der Waals surface area contributed by atoms with Crippen LogP contribution in [-0.4, -0.2) is 18.2 Å². The maximum absolute atomic E-state index is 11.2. The number of nitrogens with one attached hydrogen (secondary N) is 1. The van der Waals surface area contributed by atoms with E-state index in [1.807, 2.05) is 26.2 Å². The van der Waals surface area contributed by atoms with Gasteiger partial charge in [0.2, 0.25) is 0 Å². The van der Waals surface area contributed by atoms with Crippen molar-refractivity contribution in [2.75, 3.05) is 13.6 Å². The molecule has 1 aromatic heterocycles. The van der Waals surface area contributed by atoms with Crippen LogP contribution in [0.15, 0.2) is 23.1 Å². The van der Waals surface area contributed by atoms with Gasteiger partial charge in [0.15, 0.2) is 0 Å². The molecular weight excluding hydrogens is 152 g/mol. The molecule has 1 heterocycles. The summed E-state index contributed by atoms with van der Waals surface area (Å²) in [5.41, 5.74) is 1.18. The van der Waals surface area contributed by atoms with Gasteiger partial charge < -0.3 is 9.88 Å². The van der Waals surface area contributed by atoms with E-state index >= 15 is 0 Å². The van der Waals surface area contributed by atoms with Gasteiger partial charge in [-0.3, -0.25) is 4.79 Å². The minimum Gasteiger partial charge on any atom is -0.318 e. The standard InChI is InChI=1S/C9H14N2O/c1-8-3-4-9(12)11(7-8)6-5-10-2/h3-4,7,10H,5-6H2,1-2H3. The van der Waals surface area contributed by atoms with Gasteiger partial charge in [0, 0.05) is 25.4 Å². The zero-order chi connectivity index (χ0) is 8.97. The number of rotatable bonds is 3. The minimum absolute atomic E-state index is 0.0656. The van der Waals surface area contributed by atoms with Crippen LogP contribution in [0.2, 0.25) is 0 Å². The van der Waals surface area contributed by atoms with E-state index in [2.05, 4.69) is 5.32 Å². The first-order valence-corrected chi connectivity index (χ1v) is 4.06. The molecule has 1 aromatic rings. The highest BCUT2D eigenvalue weighted by molar-refractivity contribution is 5.07. The van der Waals surface area contributed by atoms with Crippen LogP contribution in [-0.2, 0) is 6.54 Å². The first-order chi connectivity index (χ1) is 5.74. The van der Waals surface area contributed by atoms with E-state index in [9.17, 15) is 4.79 Å². The molecule has 1 rings (SSSR count). The maximum atomic E-state index is 11.2. The second kappa shape index (κ2) is 4.07. The predicted molar refractivity (Wildman–Crippen MR) is 49.4 cm³/mol. The summed E-state index contributed by atoms with van der Waals surface area (Å²) in [5, 5.41) is 3.00. The highest BCUT2D eigenvalue weighted by Gasteiger charge is 1.93. The Balaban J connectivity index is 2.83. The van der Waals surface area contributed by atoms with Gasteiger partial charge in [0.25, 0.3) is 5.56 Å². The van der Waals surface area contributed by atoms with Gasteiger partial charge in [-0.2, -0.15) is 0 Å². The number of hydrogen-bond acceptors (Lipinski definition) is 2. The molecule has 0 aliphatic heterocycles. The Hall–Kier alpha value is -1.09. The number of likely N-dealkylation sites (N-methyl/N-ethyl adjacent to an activating group) is 1. The van der Waals surface area contributed by atoms with Crippen molar-refractivity contribution in [1.82, 2.24) is 9.88 Å². The number of hydrogen-bond donors (Lipinski definition) is 1. The molecule has 3 heteroatoms. The Morgan fingerprint density at radius 2 is 2.25 bits per heavy atom. The van der Waals surface area contributed by atoms with E-state index in [1.54, 1.807) is 10.6 Å². The summed E-state index contributed by atoms with van der Waals surface area (Å²) in [4.78, 5) is 11.2. The second-order valence-corrected chi connectivity index (χ2v) is 2.84. The lowest BCUT2D eigenvalue weighted by atomic mass is 10.3. The summed E-state index contributed by atoms with van der Waals surface area (Å²) in [5.74, 6) is 0. The van der Waals surface area contributed by atoms with E-state index < -0.39 is 0 Å².